The average molecular weight is 447 g/mol. The van der Waals surface area contributed by atoms with Gasteiger partial charge in [0.1, 0.15) is 11.7 Å². The van der Waals surface area contributed by atoms with Crippen LogP contribution in [0.4, 0.5) is 4.79 Å². The second-order valence-corrected chi connectivity index (χ2v) is 9.09. The summed E-state index contributed by atoms with van der Waals surface area (Å²) in [5, 5.41) is 8.95. The molecule has 1 amide bonds. The van der Waals surface area contributed by atoms with E-state index in [-0.39, 0.29) is 18.2 Å². The summed E-state index contributed by atoms with van der Waals surface area (Å²) in [5.41, 5.74) is 7.02. The highest BCUT2D eigenvalue weighted by atomic mass is 35.5. The van der Waals surface area contributed by atoms with Gasteiger partial charge in [-0.1, -0.05) is 23.7 Å². The van der Waals surface area contributed by atoms with Crippen LogP contribution in [0, 0.1) is 0 Å². The van der Waals surface area contributed by atoms with Crippen molar-refractivity contribution in [2.75, 3.05) is 33.3 Å². The Bertz CT molecular complexity index is 850. The van der Waals surface area contributed by atoms with Gasteiger partial charge in [0.05, 0.1) is 13.5 Å². The monoisotopic (exact) mass is 446 g/mol. The number of piperazine rings is 1. The summed E-state index contributed by atoms with van der Waals surface area (Å²) < 4.78 is 5.04. The fraction of sp³-hybridized carbons (Fsp3) is 0.591. The van der Waals surface area contributed by atoms with Crippen molar-refractivity contribution < 1.29 is 9.53 Å². The van der Waals surface area contributed by atoms with E-state index in [1.165, 1.54) is 12.7 Å². The van der Waals surface area contributed by atoms with Crippen molar-refractivity contribution in [3.8, 4) is 0 Å². The second-order valence-electron chi connectivity index (χ2n) is 8.66. The molecule has 0 saturated carbocycles. The van der Waals surface area contributed by atoms with E-state index in [2.05, 4.69) is 39.1 Å². The van der Waals surface area contributed by atoms with E-state index in [4.69, 9.17) is 22.1 Å². The molecule has 0 bridgehead atoms. The molecule has 1 unspecified atom stereocenters. The Hall–Kier alpha value is -2.32. The molecule has 1 aromatic carbocycles. The van der Waals surface area contributed by atoms with Gasteiger partial charge in [-0.25, -0.2) is 4.79 Å². The number of hydrogen-bond donors (Lipinski definition) is 1. The zero-order chi connectivity index (χ0) is 22.0. The highest BCUT2D eigenvalue weighted by molar-refractivity contribution is 6.30. The van der Waals surface area contributed by atoms with Gasteiger partial charge in [-0.05, 0) is 43.9 Å². The van der Waals surface area contributed by atoms with Gasteiger partial charge in [0.2, 0.25) is 0 Å². The van der Waals surface area contributed by atoms with E-state index in [0.717, 1.165) is 49.8 Å². The maximum Gasteiger partial charge on any atom is 0.409 e. The number of likely N-dealkylation sites (tertiary alicyclic amines) is 1. The van der Waals surface area contributed by atoms with Gasteiger partial charge < -0.3 is 20.3 Å². The molecule has 4 rings (SSSR count). The third-order valence-corrected chi connectivity index (χ3v) is 6.86. The van der Waals surface area contributed by atoms with Crippen LogP contribution in [0.2, 0.25) is 5.02 Å². The normalized spacial score (nSPS) is 25.4. The van der Waals surface area contributed by atoms with Crippen molar-refractivity contribution >= 4 is 29.4 Å². The molecule has 2 atom stereocenters. The third kappa shape index (κ3) is 4.96. The minimum atomic E-state index is -0.250. The summed E-state index contributed by atoms with van der Waals surface area (Å²) >= 11 is 6.07. The third-order valence-electron chi connectivity index (χ3n) is 6.61. The van der Waals surface area contributed by atoms with Crippen molar-refractivity contribution in [1.82, 2.24) is 14.7 Å². The van der Waals surface area contributed by atoms with Gasteiger partial charge in [0.25, 0.3) is 0 Å². The summed E-state index contributed by atoms with van der Waals surface area (Å²) in [5.74, 6) is 1.57. The quantitative estimate of drug-likeness (QED) is 0.771. The first-order valence-electron chi connectivity index (χ1n) is 10.9. The number of carbonyl (C=O) groups excluding carboxylic acids is 1. The number of nitrogens with two attached hydrogens (primary N) is 1. The molecule has 3 aliphatic rings. The molecule has 2 saturated heterocycles. The van der Waals surface area contributed by atoms with Crippen molar-refractivity contribution in [3.63, 3.8) is 0 Å². The number of carbonyl (C=O) groups is 1. The lowest BCUT2D eigenvalue weighted by molar-refractivity contribution is -0.00374. The topological polar surface area (TPSA) is 86.8 Å². The number of amidine groups is 2. The van der Waals surface area contributed by atoms with Crippen LogP contribution in [-0.4, -0.2) is 83.9 Å². The lowest BCUT2D eigenvalue weighted by atomic mass is 9.94. The standard InChI is InChI=1S/C22H31ClN6O2/c1-15-13-29(18-7-9-27(10-8-18)21-12-20(24)25-26-21)19(14-28(15)22(30)31-2)11-16-3-5-17(23)6-4-16/h3-6,15,18-19H,7-14H2,1-2H3,(H2,24,25)/t15-,19?/m0/s1. The zero-order valence-electron chi connectivity index (χ0n) is 18.2. The fourth-order valence-electron chi connectivity index (χ4n) is 4.94. The summed E-state index contributed by atoms with van der Waals surface area (Å²) in [7, 11) is 1.45. The molecule has 8 nitrogen and oxygen atoms in total. The molecular weight excluding hydrogens is 416 g/mol. The summed E-state index contributed by atoms with van der Waals surface area (Å²) in [6.07, 6.45) is 3.38. The Kier molecular flexibility index (Phi) is 6.67. The summed E-state index contributed by atoms with van der Waals surface area (Å²) in [6.45, 7) is 5.50. The van der Waals surface area contributed by atoms with Gasteiger partial charge in [0.15, 0.2) is 0 Å². The van der Waals surface area contributed by atoms with Crippen LogP contribution < -0.4 is 5.73 Å². The highest BCUT2D eigenvalue weighted by Crippen LogP contribution is 2.27. The van der Waals surface area contributed by atoms with E-state index < -0.39 is 0 Å². The number of benzene rings is 1. The van der Waals surface area contributed by atoms with Gasteiger partial charge >= 0.3 is 6.09 Å². The van der Waals surface area contributed by atoms with Crippen molar-refractivity contribution in [2.45, 2.75) is 50.7 Å². The Morgan fingerprint density at radius 1 is 1.19 bits per heavy atom. The van der Waals surface area contributed by atoms with Crippen LogP contribution in [-0.2, 0) is 11.2 Å². The molecule has 168 valence electrons. The van der Waals surface area contributed by atoms with Crippen LogP contribution >= 0.6 is 11.6 Å². The molecule has 3 heterocycles. The predicted molar refractivity (Wildman–Crippen MR) is 122 cm³/mol. The number of hydrogen-bond acceptors (Lipinski definition) is 7. The lowest BCUT2D eigenvalue weighted by Crippen LogP contribution is -2.63. The van der Waals surface area contributed by atoms with E-state index in [0.29, 0.717) is 24.8 Å². The van der Waals surface area contributed by atoms with Crippen LogP contribution in [0.3, 0.4) is 0 Å². The first-order valence-corrected chi connectivity index (χ1v) is 11.3. The summed E-state index contributed by atoms with van der Waals surface area (Å²) in [6, 6.07) is 8.82. The minimum absolute atomic E-state index is 0.111. The van der Waals surface area contributed by atoms with Gasteiger partial charge in [-0.15, -0.1) is 10.2 Å². The van der Waals surface area contributed by atoms with E-state index in [1.807, 2.05) is 17.0 Å². The fourth-order valence-corrected chi connectivity index (χ4v) is 5.07. The minimum Gasteiger partial charge on any atom is -0.453 e. The first-order chi connectivity index (χ1) is 14.9. The molecule has 1 aromatic rings. The van der Waals surface area contributed by atoms with Crippen LogP contribution in [0.1, 0.15) is 31.7 Å². The molecule has 0 spiro atoms. The largest absolute Gasteiger partial charge is 0.453 e. The zero-order valence-corrected chi connectivity index (χ0v) is 19.0. The van der Waals surface area contributed by atoms with Crippen molar-refractivity contribution in [3.05, 3.63) is 34.9 Å². The molecule has 0 radical (unpaired) electrons. The molecule has 31 heavy (non-hydrogen) atoms. The van der Waals surface area contributed by atoms with E-state index >= 15 is 0 Å². The second kappa shape index (κ2) is 9.44. The number of piperidine rings is 1. The maximum atomic E-state index is 12.3. The van der Waals surface area contributed by atoms with Gasteiger partial charge in [-0.2, -0.15) is 0 Å². The van der Waals surface area contributed by atoms with Crippen molar-refractivity contribution in [2.24, 2.45) is 15.9 Å². The smallest absolute Gasteiger partial charge is 0.409 e. The number of rotatable bonds is 3. The number of nitrogens with zero attached hydrogens (tertiary/aromatic N) is 5. The first kappa shape index (κ1) is 21.9. The number of halogens is 1. The Morgan fingerprint density at radius 2 is 1.90 bits per heavy atom. The van der Waals surface area contributed by atoms with Crippen LogP contribution in [0.15, 0.2) is 34.5 Å². The lowest BCUT2D eigenvalue weighted by Gasteiger charge is -2.50. The number of ether oxygens (including phenoxy) is 1. The van der Waals surface area contributed by atoms with Gasteiger partial charge in [0, 0.05) is 49.3 Å². The highest BCUT2D eigenvalue weighted by Gasteiger charge is 2.39. The number of methoxy groups -OCH3 is 1. The molecule has 2 fully saturated rings. The Morgan fingerprint density at radius 3 is 2.52 bits per heavy atom. The van der Waals surface area contributed by atoms with Crippen LogP contribution in [0.25, 0.3) is 0 Å². The SMILES string of the molecule is COC(=O)N1CC(Cc2ccc(Cl)cc2)N(C2CCN(C3=NN=C(N)C3)CC2)C[C@@H]1C. The molecule has 0 aliphatic carbocycles. The van der Waals surface area contributed by atoms with Crippen LogP contribution in [0.5, 0.6) is 0 Å². The van der Waals surface area contributed by atoms with E-state index in [1.54, 1.807) is 0 Å². The van der Waals surface area contributed by atoms with Crippen molar-refractivity contribution in [1.29, 1.82) is 0 Å². The Balaban J connectivity index is 1.46. The number of amides is 1. The molecule has 9 heteroatoms. The molecular formula is C22H31ClN6O2. The summed E-state index contributed by atoms with van der Waals surface area (Å²) in [4.78, 5) is 19.1. The Labute approximate surface area is 188 Å². The predicted octanol–water partition coefficient (Wildman–Crippen LogP) is 2.56. The molecule has 0 aromatic heterocycles. The average Bonchev–Trinajstić information content (AvgIpc) is 3.22. The molecule has 2 N–H and O–H groups in total. The molecule has 3 aliphatic heterocycles. The van der Waals surface area contributed by atoms with Gasteiger partial charge in [-0.3, -0.25) is 4.90 Å². The maximum absolute atomic E-state index is 12.3. The van der Waals surface area contributed by atoms with E-state index in [9.17, 15) is 4.79 Å².